The van der Waals surface area contributed by atoms with Gasteiger partial charge in [-0.25, -0.2) is 4.57 Å². The fourth-order valence-electron chi connectivity index (χ4n) is 9.37. The van der Waals surface area contributed by atoms with E-state index in [1.54, 1.807) is 0 Å². The topological polar surface area (TPSA) is 111 Å². The third kappa shape index (κ3) is 58.2. The Kier molecular flexibility index (Phi) is 55.3. The van der Waals surface area contributed by atoms with Crippen molar-refractivity contribution in [2.75, 3.05) is 40.9 Å². The number of ether oxygens (including phenoxy) is 1. The zero-order valence-electron chi connectivity index (χ0n) is 51.5. The summed E-state index contributed by atoms with van der Waals surface area (Å²) in [4.78, 5) is 37.7. The van der Waals surface area contributed by atoms with Gasteiger partial charge in [0, 0.05) is 12.8 Å². The Morgan fingerprint density at radius 3 is 1.22 bits per heavy atom. The molecule has 0 aliphatic carbocycles. The van der Waals surface area contributed by atoms with Gasteiger partial charge in [0.2, 0.25) is 5.91 Å². The summed E-state index contributed by atoms with van der Waals surface area (Å²) in [6.45, 7) is 6.96. The van der Waals surface area contributed by atoms with Crippen LogP contribution >= 0.6 is 7.82 Å². The van der Waals surface area contributed by atoms with Crippen molar-refractivity contribution in [1.29, 1.82) is 0 Å². The first-order chi connectivity index (χ1) is 37.4. The summed E-state index contributed by atoms with van der Waals surface area (Å²) in [7, 11) is 1.47. The number of allylic oxidation sites excluding steroid dienone is 9. The third-order valence-corrected chi connectivity index (χ3v) is 15.4. The molecule has 0 bridgehead atoms. The first-order valence-corrected chi connectivity index (χ1v) is 34.1. The summed E-state index contributed by atoms with van der Waals surface area (Å²) in [6, 6.07) is -0.878. The van der Waals surface area contributed by atoms with E-state index in [0.717, 1.165) is 57.8 Å². The first kappa shape index (κ1) is 74.7. The Hall–Kier alpha value is -2.29. The van der Waals surface area contributed by atoms with Crippen molar-refractivity contribution in [3.8, 4) is 0 Å². The lowest BCUT2D eigenvalue weighted by atomic mass is 10.0. The van der Waals surface area contributed by atoms with E-state index in [0.29, 0.717) is 17.4 Å². The highest BCUT2D eigenvalue weighted by atomic mass is 31.2. The summed E-state index contributed by atoms with van der Waals surface area (Å²) >= 11 is 0. The second kappa shape index (κ2) is 57.0. The predicted molar refractivity (Wildman–Crippen MR) is 332 cm³/mol. The van der Waals surface area contributed by atoms with Gasteiger partial charge in [0.25, 0.3) is 0 Å². The van der Waals surface area contributed by atoms with Gasteiger partial charge in [0.15, 0.2) is 0 Å². The number of carbonyl (C=O) groups is 2. The number of esters is 1. The van der Waals surface area contributed by atoms with Gasteiger partial charge < -0.3 is 19.4 Å². The number of nitrogens with zero attached hydrogens (tertiary/aromatic N) is 1. The van der Waals surface area contributed by atoms with Crippen LogP contribution in [0.15, 0.2) is 60.8 Å². The minimum atomic E-state index is -4.46. The Morgan fingerprint density at radius 1 is 0.455 bits per heavy atom. The highest BCUT2D eigenvalue weighted by Crippen LogP contribution is 2.43. The lowest BCUT2D eigenvalue weighted by Crippen LogP contribution is -2.47. The van der Waals surface area contributed by atoms with Crippen LogP contribution in [0.25, 0.3) is 0 Å². The molecule has 77 heavy (non-hydrogen) atoms. The monoisotopic (exact) mass is 1100 g/mol. The molecule has 3 atom stereocenters. The third-order valence-electron chi connectivity index (χ3n) is 14.4. The second-order valence-electron chi connectivity index (χ2n) is 23.3. The van der Waals surface area contributed by atoms with Gasteiger partial charge in [0.1, 0.15) is 19.3 Å². The predicted octanol–water partition coefficient (Wildman–Crippen LogP) is 20.2. The van der Waals surface area contributed by atoms with Crippen molar-refractivity contribution in [3.63, 3.8) is 0 Å². The maximum atomic E-state index is 13.5. The molecule has 0 aromatic rings. The van der Waals surface area contributed by atoms with E-state index < -0.39 is 20.0 Å². The summed E-state index contributed by atoms with van der Waals surface area (Å²) in [5.74, 6) is -0.575. The molecule has 0 heterocycles. The van der Waals surface area contributed by atoms with E-state index in [-0.39, 0.29) is 37.9 Å². The molecule has 0 saturated heterocycles. The minimum absolute atomic E-state index is 0.0311. The summed E-state index contributed by atoms with van der Waals surface area (Å²) < 4.78 is 30.7. The molecule has 0 spiro atoms. The molecule has 0 aromatic carbocycles. The Morgan fingerprint density at radius 2 is 0.805 bits per heavy atom. The van der Waals surface area contributed by atoms with E-state index in [1.165, 1.54) is 205 Å². The zero-order chi connectivity index (χ0) is 56.4. The molecule has 0 aliphatic heterocycles. The standard InChI is InChI=1S/C67H125N2O7P/c1-7-10-13-16-19-22-25-28-29-30-31-32-33-34-35-36-37-38-39-42-45-48-51-54-57-60-67(71)76-65(58-55-52-49-46-43-40-26-23-20-17-14-11-8-2)64(63-75-77(72,73)74-62-61-69(4,5)6)68-66(70)59-56-53-50-47-44-41-27-24-21-18-15-12-9-3/h19,22,28-29,41,44,50,53,55,58,64-65H,7-18,20-21,23-27,30-40,42-43,45-49,51-52,54,56-57,59-63H2,1-6H3,(H-,68,70,72,73)/p+1/b22-19-,29-28-,44-41-,53-50+,58-55-. The number of likely N-dealkylation sites (N-methyl/N-ethyl adjacent to an activating group) is 1. The maximum Gasteiger partial charge on any atom is 0.472 e. The van der Waals surface area contributed by atoms with Gasteiger partial charge in [-0.3, -0.25) is 18.6 Å². The number of phosphoric ester groups is 1. The normalized spacial score (nSPS) is 14.0. The molecule has 2 N–H and O–H groups in total. The molecule has 10 heteroatoms. The Labute approximate surface area is 477 Å². The lowest BCUT2D eigenvalue weighted by molar-refractivity contribution is -0.870. The van der Waals surface area contributed by atoms with Crippen molar-refractivity contribution in [2.45, 2.75) is 315 Å². The molecule has 0 aromatic heterocycles. The fourth-order valence-corrected chi connectivity index (χ4v) is 10.1. The molecule has 450 valence electrons. The molecular weight excluding hydrogens is 976 g/mol. The van der Waals surface area contributed by atoms with Crippen molar-refractivity contribution >= 4 is 19.7 Å². The number of nitrogens with one attached hydrogen (secondary N) is 1. The summed E-state index contributed by atoms with van der Waals surface area (Å²) in [5, 5.41) is 3.02. The number of phosphoric acid groups is 1. The number of rotatable bonds is 59. The average Bonchev–Trinajstić information content (AvgIpc) is 3.39. The van der Waals surface area contributed by atoms with E-state index in [4.69, 9.17) is 13.8 Å². The van der Waals surface area contributed by atoms with Crippen molar-refractivity contribution < 1.29 is 37.3 Å². The molecule has 3 unspecified atom stereocenters. The molecule has 0 fully saturated rings. The molecule has 1 amide bonds. The fraction of sp³-hybridized carbons (Fsp3) is 0.821. The van der Waals surface area contributed by atoms with Crippen molar-refractivity contribution in [3.05, 3.63) is 60.8 Å². The van der Waals surface area contributed by atoms with Crippen LogP contribution in [0.2, 0.25) is 0 Å². The SMILES string of the molecule is CCCCC/C=C\C/C=C\CCCCCCCCCCCCCCCCCC(=O)OC(/C=C\CCCCCCCCCCCCC)C(COP(=O)(O)OCC[N+](C)(C)C)NC(=O)CC/C=C/C/C=C\CCCCCCCC. The van der Waals surface area contributed by atoms with Gasteiger partial charge in [-0.2, -0.15) is 0 Å². The van der Waals surface area contributed by atoms with E-state index in [1.807, 2.05) is 39.4 Å². The molecule has 0 aliphatic rings. The highest BCUT2D eigenvalue weighted by Gasteiger charge is 2.30. The van der Waals surface area contributed by atoms with Crippen LogP contribution in [0.4, 0.5) is 0 Å². The van der Waals surface area contributed by atoms with E-state index in [9.17, 15) is 19.0 Å². The second-order valence-corrected chi connectivity index (χ2v) is 24.7. The van der Waals surface area contributed by atoms with Crippen LogP contribution in [-0.2, 0) is 27.9 Å². The highest BCUT2D eigenvalue weighted by molar-refractivity contribution is 7.47. The Bertz CT molecular complexity index is 1500. The zero-order valence-corrected chi connectivity index (χ0v) is 52.3. The number of unbranched alkanes of at least 4 members (excludes halogenated alkanes) is 35. The quantitative estimate of drug-likeness (QED) is 0.0205. The van der Waals surface area contributed by atoms with Crippen LogP contribution in [0.5, 0.6) is 0 Å². The molecule has 0 saturated carbocycles. The summed E-state index contributed by atoms with van der Waals surface area (Å²) in [6.07, 6.45) is 72.5. The van der Waals surface area contributed by atoms with Gasteiger partial charge in [0.05, 0.1) is 33.8 Å². The van der Waals surface area contributed by atoms with Crippen molar-refractivity contribution in [1.82, 2.24) is 5.32 Å². The van der Waals surface area contributed by atoms with Crippen LogP contribution < -0.4 is 5.32 Å². The van der Waals surface area contributed by atoms with Crippen LogP contribution in [-0.4, -0.2) is 74.3 Å². The molecule has 0 radical (unpaired) electrons. The average molecular weight is 1100 g/mol. The van der Waals surface area contributed by atoms with Crippen LogP contribution in [0.3, 0.4) is 0 Å². The van der Waals surface area contributed by atoms with Crippen LogP contribution in [0.1, 0.15) is 303 Å². The van der Waals surface area contributed by atoms with Crippen molar-refractivity contribution in [2.24, 2.45) is 0 Å². The van der Waals surface area contributed by atoms with E-state index in [2.05, 4.69) is 68.6 Å². The number of quaternary nitrogens is 1. The van der Waals surface area contributed by atoms with Crippen LogP contribution in [0, 0.1) is 0 Å². The van der Waals surface area contributed by atoms with E-state index >= 15 is 0 Å². The Balaban J connectivity index is 5.13. The van der Waals surface area contributed by atoms with Gasteiger partial charge in [-0.1, -0.05) is 268 Å². The maximum absolute atomic E-state index is 13.5. The number of carbonyl (C=O) groups excluding carboxylic acids is 2. The minimum Gasteiger partial charge on any atom is -0.456 e. The number of hydrogen-bond acceptors (Lipinski definition) is 6. The number of amides is 1. The largest absolute Gasteiger partial charge is 0.472 e. The van der Waals surface area contributed by atoms with Gasteiger partial charge in [-0.05, 0) is 83.1 Å². The smallest absolute Gasteiger partial charge is 0.456 e. The molecule has 0 rings (SSSR count). The summed E-state index contributed by atoms with van der Waals surface area (Å²) in [5.41, 5.74) is 0. The van der Waals surface area contributed by atoms with Gasteiger partial charge >= 0.3 is 13.8 Å². The molecular formula is C67H126N2O7P+. The molecule has 9 nitrogen and oxygen atoms in total. The van der Waals surface area contributed by atoms with Gasteiger partial charge in [-0.15, -0.1) is 0 Å². The number of hydrogen-bond donors (Lipinski definition) is 2. The first-order valence-electron chi connectivity index (χ1n) is 32.6. The lowest BCUT2D eigenvalue weighted by Gasteiger charge is -2.27.